The molecule has 0 spiro atoms. The van der Waals surface area contributed by atoms with Crippen LogP contribution in [0.5, 0.6) is 0 Å². The van der Waals surface area contributed by atoms with Crippen molar-refractivity contribution in [2.45, 2.75) is 0 Å². The third kappa shape index (κ3) is 3.62. The Bertz CT molecular complexity index is 478. The second-order valence-electron chi connectivity index (χ2n) is 3.81. The van der Waals surface area contributed by atoms with Crippen LogP contribution in [0.3, 0.4) is 0 Å². The first-order valence-corrected chi connectivity index (χ1v) is 5.57. The zero-order valence-corrected chi connectivity index (χ0v) is 11.0. The lowest BCUT2D eigenvalue weighted by Crippen LogP contribution is -2.30. The molecule has 1 heterocycles. The zero-order valence-electron chi connectivity index (χ0n) is 11.0. The number of ether oxygens (including phenoxy) is 1. The normalized spacial score (nSPS) is 10.1. The molecule has 0 bridgehead atoms. The molecule has 0 aromatic carbocycles. The van der Waals surface area contributed by atoms with Crippen LogP contribution in [-0.2, 0) is 4.74 Å². The van der Waals surface area contributed by atoms with Gasteiger partial charge >= 0.3 is 0 Å². The van der Waals surface area contributed by atoms with Gasteiger partial charge in [0.15, 0.2) is 0 Å². The highest BCUT2D eigenvalue weighted by atomic mass is 16.6. The summed E-state index contributed by atoms with van der Waals surface area (Å²) in [7, 11) is 4.70. The Morgan fingerprint density at radius 2 is 2.32 bits per heavy atom. The van der Waals surface area contributed by atoms with Gasteiger partial charge in [0.2, 0.25) is 0 Å². The molecule has 1 amide bonds. The first-order valence-electron chi connectivity index (χ1n) is 5.57. The molecule has 0 saturated heterocycles. The van der Waals surface area contributed by atoms with Crippen LogP contribution in [0.15, 0.2) is 12.3 Å². The van der Waals surface area contributed by atoms with Crippen LogP contribution in [0.25, 0.3) is 0 Å². The third-order valence-electron chi connectivity index (χ3n) is 2.54. The van der Waals surface area contributed by atoms with E-state index in [-0.39, 0.29) is 11.3 Å². The Hall–Kier alpha value is -2.22. The van der Waals surface area contributed by atoms with Crippen LogP contribution < -0.4 is 5.32 Å². The summed E-state index contributed by atoms with van der Waals surface area (Å²) in [6.07, 6.45) is 1.07. The van der Waals surface area contributed by atoms with Gasteiger partial charge in [-0.2, -0.15) is 0 Å². The van der Waals surface area contributed by atoms with Crippen molar-refractivity contribution < 1.29 is 14.5 Å². The van der Waals surface area contributed by atoms with Crippen LogP contribution in [-0.4, -0.2) is 55.1 Å². The van der Waals surface area contributed by atoms with Gasteiger partial charge in [-0.15, -0.1) is 0 Å². The minimum Gasteiger partial charge on any atom is -0.383 e. The molecule has 1 N–H and O–H groups in total. The molecule has 0 unspecified atom stereocenters. The maximum absolute atomic E-state index is 12.2. The lowest BCUT2D eigenvalue weighted by Gasteiger charge is -2.16. The van der Waals surface area contributed by atoms with Gasteiger partial charge in [-0.1, -0.05) is 0 Å². The molecule has 19 heavy (non-hydrogen) atoms. The second-order valence-corrected chi connectivity index (χ2v) is 3.81. The Kier molecular flexibility index (Phi) is 5.19. The Morgan fingerprint density at radius 3 is 2.84 bits per heavy atom. The van der Waals surface area contributed by atoms with Crippen LogP contribution in [0.4, 0.5) is 11.5 Å². The van der Waals surface area contributed by atoms with E-state index in [4.69, 9.17) is 4.74 Å². The van der Waals surface area contributed by atoms with Crippen LogP contribution in [0.1, 0.15) is 10.4 Å². The summed E-state index contributed by atoms with van der Waals surface area (Å²) in [5.41, 5.74) is -0.309. The van der Waals surface area contributed by atoms with Crippen molar-refractivity contribution in [3.8, 4) is 0 Å². The average Bonchev–Trinajstić information content (AvgIpc) is 2.42. The van der Waals surface area contributed by atoms with Crippen molar-refractivity contribution in [2.24, 2.45) is 0 Å². The summed E-state index contributed by atoms with van der Waals surface area (Å²) in [5, 5.41) is 13.7. The maximum Gasteiger partial charge on any atom is 0.300 e. The fourth-order valence-corrected chi connectivity index (χ4v) is 1.44. The number of carbonyl (C=O) groups is 1. The summed E-state index contributed by atoms with van der Waals surface area (Å²) in [6, 6.07) is 1.36. The van der Waals surface area contributed by atoms with Gasteiger partial charge in [-0.05, 0) is 0 Å². The van der Waals surface area contributed by atoms with Crippen LogP contribution in [0, 0.1) is 10.1 Å². The van der Waals surface area contributed by atoms with Gasteiger partial charge < -0.3 is 15.0 Å². The first kappa shape index (κ1) is 14.8. The average molecular weight is 268 g/mol. The van der Waals surface area contributed by atoms with Crippen LogP contribution in [0.2, 0.25) is 0 Å². The molecule has 0 radical (unpaired) electrons. The minimum absolute atomic E-state index is 0.00273. The zero-order chi connectivity index (χ0) is 14.4. The molecule has 0 saturated carbocycles. The van der Waals surface area contributed by atoms with Crippen molar-refractivity contribution in [2.75, 3.05) is 39.7 Å². The number of hydrogen-bond acceptors (Lipinski definition) is 6. The van der Waals surface area contributed by atoms with Gasteiger partial charge in [0.1, 0.15) is 17.6 Å². The van der Waals surface area contributed by atoms with Crippen molar-refractivity contribution in [1.29, 1.82) is 0 Å². The Balaban J connectivity index is 3.08. The van der Waals surface area contributed by atoms with E-state index in [1.807, 2.05) is 0 Å². The monoisotopic (exact) mass is 268 g/mol. The van der Waals surface area contributed by atoms with Crippen LogP contribution >= 0.6 is 0 Å². The highest BCUT2D eigenvalue weighted by Crippen LogP contribution is 2.21. The molecule has 0 fully saturated rings. The lowest BCUT2D eigenvalue weighted by molar-refractivity contribution is -0.385. The van der Waals surface area contributed by atoms with E-state index in [1.165, 1.54) is 18.1 Å². The summed E-state index contributed by atoms with van der Waals surface area (Å²) >= 11 is 0. The summed E-state index contributed by atoms with van der Waals surface area (Å²) < 4.78 is 4.87. The molecule has 0 aliphatic carbocycles. The number of nitrogens with zero attached hydrogens (tertiary/aromatic N) is 3. The number of pyridine rings is 1. The van der Waals surface area contributed by atoms with E-state index in [9.17, 15) is 14.9 Å². The van der Waals surface area contributed by atoms with E-state index in [2.05, 4.69) is 10.3 Å². The topological polar surface area (TPSA) is 97.6 Å². The van der Waals surface area contributed by atoms with Gasteiger partial charge in [0.25, 0.3) is 11.6 Å². The quantitative estimate of drug-likeness (QED) is 0.604. The van der Waals surface area contributed by atoms with E-state index < -0.39 is 10.8 Å². The number of hydrogen-bond donors (Lipinski definition) is 1. The van der Waals surface area contributed by atoms with Gasteiger partial charge in [0.05, 0.1) is 11.5 Å². The van der Waals surface area contributed by atoms with E-state index in [0.717, 1.165) is 6.20 Å². The Labute approximate surface area is 110 Å². The van der Waals surface area contributed by atoms with Crippen molar-refractivity contribution in [1.82, 2.24) is 9.88 Å². The standard InChI is InChI=1S/C11H16N4O4/c1-12-10-6-8(9(7-13-10)15(17)18)11(16)14(2)4-5-19-3/h6-7H,4-5H2,1-3H3,(H,12,13). The molecule has 1 aromatic heterocycles. The number of anilines is 1. The number of carbonyl (C=O) groups excluding carboxylic acids is 1. The predicted octanol–water partition coefficient (Wildman–Crippen LogP) is 0.750. The van der Waals surface area contributed by atoms with Crippen molar-refractivity contribution in [3.05, 3.63) is 27.9 Å². The highest BCUT2D eigenvalue weighted by molar-refractivity contribution is 5.98. The van der Waals surface area contributed by atoms with Gasteiger partial charge in [-0.25, -0.2) is 4.98 Å². The second kappa shape index (κ2) is 6.64. The molecular weight excluding hydrogens is 252 g/mol. The summed E-state index contributed by atoms with van der Waals surface area (Å²) in [6.45, 7) is 0.712. The molecule has 0 atom stereocenters. The molecule has 104 valence electrons. The van der Waals surface area contributed by atoms with Gasteiger partial charge in [-0.3, -0.25) is 14.9 Å². The number of rotatable bonds is 6. The number of amides is 1. The Morgan fingerprint density at radius 1 is 1.63 bits per heavy atom. The smallest absolute Gasteiger partial charge is 0.300 e. The number of likely N-dealkylation sites (N-methyl/N-ethyl adjacent to an activating group) is 1. The molecule has 0 aliphatic rings. The third-order valence-corrected chi connectivity index (χ3v) is 2.54. The molecule has 8 heteroatoms. The fourth-order valence-electron chi connectivity index (χ4n) is 1.44. The van der Waals surface area contributed by atoms with Crippen molar-refractivity contribution >= 4 is 17.4 Å². The number of aromatic nitrogens is 1. The lowest BCUT2D eigenvalue weighted by atomic mass is 10.2. The molecule has 8 nitrogen and oxygen atoms in total. The molecular formula is C11H16N4O4. The predicted molar refractivity (Wildman–Crippen MR) is 69.3 cm³/mol. The fraction of sp³-hybridized carbons (Fsp3) is 0.455. The van der Waals surface area contributed by atoms with Gasteiger partial charge in [0, 0.05) is 33.8 Å². The molecule has 0 aliphatic heterocycles. The first-order chi connectivity index (χ1) is 9.01. The number of methoxy groups -OCH3 is 1. The number of nitrogens with one attached hydrogen (secondary N) is 1. The van der Waals surface area contributed by atoms with Crippen molar-refractivity contribution in [3.63, 3.8) is 0 Å². The highest BCUT2D eigenvalue weighted by Gasteiger charge is 2.23. The number of nitro groups is 1. The molecule has 1 aromatic rings. The largest absolute Gasteiger partial charge is 0.383 e. The summed E-state index contributed by atoms with van der Waals surface area (Å²) in [5.74, 6) is -0.0447. The minimum atomic E-state index is -0.621. The van der Waals surface area contributed by atoms with E-state index >= 15 is 0 Å². The van der Waals surface area contributed by atoms with E-state index in [1.54, 1.807) is 14.1 Å². The molecule has 1 rings (SSSR count). The SMILES string of the molecule is CNc1cc(C(=O)N(C)CCOC)c([N+](=O)[O-])cn1. The summed E-state index contributed by atoms with van der Waals surface area (Å²) in [4.78, 5) is 27.6. The van der Waals surface area contributed by atoms with E-state index in [0.29, 0.717) is 19.0 Å². The maximum atomic E-state index is 12.2.